The molecule has 0 bridgehead atoms. The number of esters is 1. The number of carbonyl (C=O) groups is 1. The van der Waals surface area contributed by atoms with E-state index in [1.54, 1.807) is 25.1 Å². The molecule has 4 heteroatoms. The van der Waals surface area contributed by atoms with E-state index in [0.29, 0.717) is 36.0 Å². The van der Waals surface area contributed by atoms with Crippen LogP contribution in [0.5, 0.6) is 17.2 Å². The maximum absolute atomic E-state index is 12.1. The van der Waals surface area contributed by atoms with Crippen molar-refractivity contribution in [1.82, 2.24) is 0 Å². The van der Waals surface area contributed by atoms with E-state index < -0.39 is 5.97 Å². The molecular formula is C18H20O4. The zero-order valence-corrected chi connectivity index (χ0v) is 12.9. The fourth-order valence-corrected chi connectivity index (χ4v) is 1.90. The van der Waals surface area contributed by atoms with Crippen LogP contribution in [0.2, 0.25) is 0 Å². The van der Waals surface area contributed by atoms with Crippen molar-refractivity contribution in [2.45, 2.75) is 20.3 Å². The summed E-state index contributed by atoms with van der Waals surface area (Å²) >= 11 is 0. The van der Waals surface area contributed by atoms with Crippen molar-refractivity contribution in [3.63, 3.8) is 0 Å². The molecule has 0 unspecified atom stereocenters. The van der Waals surface area contributed by atoms with Crippen LogP contribution in [0.4, 0.5) is 0 Å². The Bertz CT molecular complexity index is 608. The minimum atomic E-state index is -0.410. The Kier molecular flexibility index (Phi) is 5.83. The number of hydrogen-bond donors (Lipinski definition) is 0. The largest absolute Gasteiger partial charge is 0.493 e. The summed E-state index contributed by atoms with van der Waals surface area (Å²) in [4.78, 5) is 12.1. The Hall–Kier alpha value is -2.49. The van der Waals surface area contributed by atoms with Gasteiger partial charge in [-0.25, -0.2) is 4.79 Å². The number of ether oxygens (including phenoxy) is 3. The number of benzene rings is 2. The summed E-state index contributed by atoms with van der Waals surface area (Å²) < 4.78 is 16.4. The van der Waals surface area contributed by atoms with Crippen molar-refractivity contribution < 1.29 is 19.0 Å². The first-order valence-electron chi connectivity index (χ1n) is 7.41. The normalized spacial score (nSPS) is 10.1. The molecular weight excluding hydrogens is 280 g/mol. The molecule has 2 aromatic rings. The second kappa shape index (κ2) is 8.08. The number of hydrogen-bond acceptors (Lipinski definition) is 4. The average Bonchev–Trinajstić information content (AvgIpc) is 2.55. The van der Waals surface area contributed by atoms with Crippen LogP contribution in [0.15, 0.2) is 48.5 Å². The van der Waals surface area contributed by atoms with Crippen LogP contribution in [0.3, 0.4) is 0 Å². The minimum absolute atomic E-state index is 0.315. The molecule has 0 heterocycles. The van der Waals surface area contributed by atoms with Gasteiger partial charge < -0.3 is 14.2 Å². The summed E-state index contributed by atoms with van der Waals surface area (Å²) in [5, 5.41) is 0. The fourth-order valence-electron chi connectivity index (χ4n) is 1.90. The van der Waals surface area contributed by atoms with Gasteiger partial charge >= 0.3 is 5.97 Å². The third-order valence-corrected chi connectivity index (χ3v) is 2.89. The smallest absolute Gasteiger partial charge is 0.342 e. The van der Waals surface area contributed by atoms with Gasteiger partial charge in [-0.3, -0.25) is 0 Å². The van der Waals surface area contributed by atoms with E-state index in [2.05, 4.69) is 0 Å². The first-order valence-corrected chi connectivity index (χ1v) is 7.41. The molecule has 116 valence electrons. The summed E-state index contributed by atoms with van der Waals surface area (Å²) in [6, 6.07) is 14.6. The van der Waals surface area contributed by atoms with Gasteiger partial charge in [-0.2, -0.15) is 0 Å². The summed E-state index contributed by atoms with van der Waals surface area (Å²) in [6.45, 7) is 4.65. The van der Waals surface area contributed by atoms with Gasteiger partial charge in [0, 0.05) is 0 Å². The third-order valence-electron chi connectivity index (χ3n) is 2.89. The maximum atomic E-state index is 12.1. The quantitative estimate of drug-likeness (QED) is 0.709. The van der Waals surface area contributed by atoms with Crippen molar-refractivity contribution >= 4 is 5.97 Å². The van der Waals surface area contributed by atoms with Gasteiger partial charge in [-0.05, 0) is 43.7 Å². The van der Waals surface area contributed by atoms with Gasteiger partial charge in [0.05, 0.1) is 13.2 Å². The minimum Gasteiger partial charge on any atom is -0.493 e. The zero-order valence-electron chi connectivity index (χ0n) is 12.9. The van der Waals surface area contributed by atoms with Crippen LogP contribution in [-0.2, 0) is 4.74 Å². The molecule has 0 saturated carbocycles. The molecule has 0 atom stereocenters. The van der Waals surface area contributed by atoms with E-state index in [-0.39, 0.29) is 0 Å². The highest BCUT2D eigenvalue weighted by Crippen LogP contribution is 2.28. The highest BCUT2D eigenvalue weighted by atomic mass is 16.5. The van der Waals surface area contributed by atoms with Crippen LogP contribution in [0.25, 0.3) is 0 Å². The van der Waals surface area contributed by atoms with Crippen LogP contribution < -0.4 is 9.47 Å². The maximum Gasteiger partial charge on any atom is 0.342 e. The van der Waals surface area contributed by atoms with Gasteiger partial charge in [-0.1, -0.05) is 25.1 Å². The molecule has 0 aliphatic heterocycles. The fraction of sp³-hybridized carbons (Fsp3) is 0.278. The Morgan fingerprint density at radius 3 is 2.45 bits per heavy atom. The molecule has 0 aliphatic carbocycles. The van der Waals surface area contributed by atoms with Crippen molar-refractivity contribution in [3.8, 4) is 17.2 Å². The highest BCUT2D eigenvalue weighted by molar-refractivity contribution is 5.93. The van der Waals surface area contributed by atoms with Crippen LogP contribution >= 0.6 is 0 Å². The van der Waals surface area contributed by atoms with Crippen LogP contribution in [0.1, 0.15) is 30.6 Å². The Morgan fingerprint density at radius 2 is 1.77 bits per heavy atom. The van der Waals surface area contributed by atoms with Gasteiger partial charge in [0.25, 0.3) is 0 Å². The predicted octanol–water partition coefficient (Wildman–Crippen LogP) is 4.44. The van der Waals surface area contributed by atoms with E-state index in [4.69, 9.17) is 14.2 Å². The number of carbonyl (C=O) groups excluding carboxylic acids is 1. The van der Waals surface area contributed by atoms with E-state index in [9.17, 15) is 4.79 Å². The standard InChI is InChI=1S/C18H20O4/c1-3-12-21-17-11-10-15(13-16(17)18(19)20-4-2)22-14-8-6-5-7-9-14/h5-11,13H,3-4,12H2,1-2H3. The van der Waals surface area contributed by atoms with Crippen LogP contribution in [-0.4, -0.2) is 19.2 Å². The van der Waals surface area contributed by atoms with Crippen molar-refractivity contribution in [2.24, 2.45) is 0 Å². The Balaban J connectivity index is 2.25. The van der Waals surface area contributed by atoms with Gasteiger partial charge in [0.15, 0.2) is 0 Å². The predicted molar refractivity (Wildman–Crippen MR) is 84.7 cm³/mol. The second-order valence-electron chi connectivity index (χ2n) is 4.64. The second-order valence-corrected chi connectivity index (χ2v) is 4.64. The number of para-hydroxylation sites is 1. The molecule has 0 aliphatic rings. The van der Waals surface area contributed by atoms with Crippen LogP contribution in [0, 0.1) is 0 Å². The SMILES string of the molecule is CCCOc1ccc(Oc2ccccc2)cc1C(=O)OCC. The molecule has 0 radical (unpaired) electrons. The third kappa shape index (κ3) is 4.25. The average molecular weight is 300 g/mol. The first kappa shape index (κ1) is 15.9. The van der Waals surface area contributed by atoms with Gasteiger partial charge in [-0.15, -0.1) is 0 Å². The molecule has 2 rings (SSSR count). The summed E-state index contributed by atoms with van der Waals surface area (Å²) in [6.07, 6.45) is 0.866. The topological polar surface area (TPSA) is 44.8 Å². The van der Waals surface area contributed by atoms with Crippen molar-refractivity contribution in [2.75, 3.05) is 13.2 Å². The molecule has 0 spiro atoms. The van der Waals surface area contributed by atoms with E-state index in [1.165, 1.54) is 0 Å². The first-order chi connectivity index (χ1) is 10.7. The molecule has 2 aromatic carbocycles. The number of rotatable bonds is 7. The van der Waals surface area contributed by atoms with Gasteiger partial charge in [0.1, 0.15) is 22.8 Å². The molecule has 0 aromatic heterocycles. The van der Waals surface area contributed by atoms with E-state index in [1.807, 2.05) is 37.3 Å². The summed E-state index contributed by atoms with van der Waals surface area (Å²) in [5.74, 6) is 1.38. The molecule has 0 N–H and O–H groups in total. The molecule has 22 heavy (non-hydrogen) atoms. The Morgan fingerprint density at radius 1 is 1.00 bits per heavy atom. The molecule has 0 saturated heterocycles. The van der Waals surface area contributed by atoms with E-state index >= 15 is 0 Å². The Labute approximate surface area is 130 Å². The monoisotopic (exact) mass is 300 g/mol. The van der Waals surface area contributed by atoms with Gasteiger partial charge in [0.2, 0.25) is 0 Å². The summed E-state index contributed by atoms with van der Waals surface area (Å²) in [5.41, 5.74) is 0.378. The zero-order chi connectivity index (χ0) is 15.8. The lowest BCUT2D eigenvalue weighted by atomic mass is 10.2. The molecule has 0 amide bonds. The summed E-state index contributed by atoms with van der Waals surface area (Å²) in [7, 11) is 0. The lowest BCUT2D eigenvalue weighted by molar-refractivity contribution is 0.0521. The van der Waals surface area contributed by atoms with Crippen molar-refractivity contribution in [1.29, 1.82) is 0 Å². The molecule has 4 nitrogen and oxygen atoms in total. The van der Waals surface area contributed by atoms with Crippen molar-refractivity contribution in [3.05, 3.63) is 54.1 Å². The highest BCUT2D eigenvalue weighted by Gasteiger charge is 2.15. The lowest BCUT2D eigenvalue weighted by Gasteiger charge is -2.12. The van der Waals surface area contributed by atoms with E-state index in [0.717, 1.165) is 6.42 Å². The lowest BCUT2D eigenvalue weighted by Crippen LogP contribution is -2.08. The molecule has 0 fully saturated rings.